The first-order chi connectivity index (χ1) is 14.7. The molecule has 1 amide bonds. The quantitative estimate of drug-likeness (QED) is 0.681. The Bertz CT molecular complexity index is 976. The SMILES string of the molecule is COc1ccc(CNC(=O)[C@H]2CCCN(c3ccnc(-c4ccccc4)n3)C2)cc1. The van der Waals surface area contributed by atoms with E-state index in [0.29, 0.717) is 18.9 Å². The largest absolute Gasteiger partial charge is 0.497 e. The topological polar surface area (TPSA) is 67.3 Å². The third kappa shape index (κ3) is 4.76. The molecule has 2 heterocycles. The van der Waals surface area contributed by atoms with Crippen LogP contribution < -0.4 is 15.0 Å². The van der Waals surface area contributed by atoms with Gasteiger partial charge in [0.15, 0.2) is 5.82 Å². The number of carbonyl (C=O) groups is 1. The fourth-order valence-electron chi connectivity index (χ4n) is 3.73. The summed E-state index contributed by atoms with van der Waals surface area (Å²) in [4.78, 5) is 24.1. The molecular formula is C24H26N4O2. The van der Waals surface area contributed by atoms with Gasteiger partial charge in [0.1, 0.15) is 11.6 Å². The Morgan fingerprint density at radius 2 is 1.93 bits per heavy atom. The van der Waals surface area contributed by atoms with E-state index in [9.17, 15) is 4.79 Å². The summed E-state index contributed by atoms with van der Waals surface area (Å²) >= 11 is 0. The fraction of sp³-hybridized carbons (Fsp3) is 0.292. The van der Waals surface area contributed by atoms with Gasteiger partial charge in [-0.15, -0.1) is 0 Å². The molecule has 1 N–H and O–H groups in total. The van der Waals surface area contributed by atoms with E-state index in [0.717, 1.165) is 42.1 Å². The molecule has 1 aliphatic heterocycles. The van der Waals surface area contributed by atoms with Crippen LogP contribution in [0.3, 0.4) is 0 Å². The van der Waals surface area contributed by atoms with Gasteiger partial charge in [-0.2, -0.15) is 0 Å². The number of nitrogens with zero attached hydrogens (tertiary/aromatic N) is 3. The Balaban J connectivity index is 1.38. The van der Waals surface area contributed by atoms with Crippen LogP contribution in [0.2, 0.25) is 0 Å². The molecular weight excluding hydrogens is 376 g/mol. The summed E-state index contributed by atoms with van der Waals surface area (Å²) in [7, 11) is 1.64. The molecule has 0 radical (unpaired) electrons. The molecule has 6 heteroatoms. The van der Waals surface area contributed by atoms with Crippen LogP contribution in [0.15, 0.2) is 66.9 Å². The Morgan fingerprint density at radius 3 is 2.70 bits per heavy atom. The van der Waals surface area contributed by atoms with Crippen molar-refractivity contribution >= 4 is 11.7 Å². The van der Waals surface area contributed by atoms with Gasteiger partial charge >= 0.3 is 0 Å². The minimum absolute atomic E-state index is 0.0489. The predicted octanol–water partition coefficient (Wildman–Crippen LogP) is 3.69. The highest BCUT2D eigenvalue weighted by Crippen LogP contribution is 2.24. The molecule has 3 aromatic rings. The van der Waals surface area contributed by atoms with Crippen LogP contribution in [0.25, 0.3) is 11.4 Å². The van der Waals surface area contributed by atoms with E-state index < -0.39 is 0 Å². The number of anilines is 1. The highest BCUT2D eigenvalue weighted by atomic mass is 16.5. The number of rotatable bonds is 6. The lowest BCUT2D eigenvalue weighted by Crippen LogP contribution is -2.43. The summed E-state index contributed by atoms with van der Waals surface area (Å²) < 4.78 is 5.18. The zero-order valence-corrected chi connectivity index (χ0v) is 17.1. The molecule has 1 atom stereocenters. The fourth-order valence-corrected chi connectivity index (χ4v) is 3.73. The average Bonchev–Trinajstić information content (AvgIpc) is 2.83. The molecule has 0 aliphatic carbocycles. The number of benzene rings is 2. The number of hydrogen-bond acceptors (Lipinski definition) is 5. The van der Waals surface area contributed by atoms with Crippen LogP contribution >= 0.6 is 0 Å². The zero-order valence-electron chi connectivity index (χ0n) is 17.1. The number of hydrogen-bond donors (Lipinski definition) is 1. The van der Waals surface area contributed by atoms with Gasteiger partial charge in [-0.25, -0.2) is 9.97 Å². The van der Waals surface area contributed by atoms with Crippen molar-refractivity contribution < 1.29 is 9.53 Å². The molecule has 1 aliphatic rings. The van der Waals surface area contributed by atoms with Crippen molar-refractivity contribution in [2.75, 3.05) is 25.1 Å². The van der Waals surface area contributed by atoms with Gasteiger partial charge in [-0.05, 0) is 36.6 Å². The van der Waals surface area contributed by atoms with Crippen LogP contribution in [0.4, 0.5) is 5.82 Å². The molecule has 0 spiro atoms. The maximum Gasteiger partial charge on any atom is 0.225 e. The van der Waals surface area contributed by atoms with Crippen molar-refractivity contribution in [3.05, 3.63) is 72.4 Å². The van der Waals surface area contributed by atoms with Gasteiger partial charge in [-0.3, -0.25) is 4.79 Å². The Kier molecular flexibility index (Phi) is 6.23. The van der Waals surface area contributed by atoms with Crippen molar-refractivity contribution in [3.8, 4) is 17.1 Å². The van der Waals surface area contributed by atoms with E-state index in [1.165, 1.54) is 0 Å². The number of methoxy groups -OCH3 is 1. The molecule has 1 fully saturated rings. The van der Waals surface area contributed by atoms with Crippen LogP contribution in [-0.4, -0.2) is 36.1 Å². The third-order valence-corrected chi connectivity index (χ3v) is 5.41. The number of ether oxygens (including phenoxy) is 1. The minimum Gasteiger partial charge on any atom is -0.497 e. The molecule has 6 nitrogen and oxygen atoms in total. The lowest BCUT2D eigenvalue weighted by molar-refractivity contribution is -0.125. The van der Waals surface area contributed by atoms with Gasteiger partial charge in [0, 0.05) is 31.4 Å². The van der Waals surface area contributed by atoms with E-state index in [2.05, 4.69) is 15.2 Å². The number of amides is 1. The molecule has 30 heavy (non-hydrogen) atoms. The van der Waals surface area contributed by atoms with E-state index in [4.69, 9.17) is 9.72 Å². The minimum atomic E-state index is -0.0489. The monoisotopic (exact) mass is 402 g/mol. The third-order valence-electron chi connectivity index (χ3n) is 5.41. The first-order valence-electron chi connectivity index (χ1n) is 10.3. The average molecular weight is 402 g/mol. The van der Waals surface area contributed by atoms with E-state index in [1.54, 1.807) is 13.3 Å². The van der Waals surface area contributed by atoms with Crippen LogP contribution in [0, 0.1) is 5.92 Å². The summed E-state index contributed by atoms with van der Waals surface area (Å²) in [6.45, 7) is 2.08. The van der Waals surface area contributed by atoms with Gasteiger partial charge in [0.2, 0.25) is 5.91 Å². The molecule has 154 valence electrons. The first-order valence-corrected chi connectivity index (χ1v) is 10.3. The maximum absolute atomic E-state index is 12.8. The Labute approximate surface area is 176 Å². The summed E-state index contributed by atoms with van der Waals surface area (Å²) in [6.07, 6.45) is 3.64. The standard InChI is InChI=1S/C24H26N4O2/c1-30-21-11-9-18(10-12-21)16-26-24(29)20-8-5-15-28(17-20)22-13-14-25-23(27-22)19-6-3-2-4-7-19/h2-4,6-7,9-14,20H,5,8,15-17H2,1H3,(H,26,29)/t20-/m0/s1. The van der Waals surface area contributed by atoms with Gasteiger partial charge < -0.3 is 15.0 Å². The van der Waals surface area contributed by atoms with Gasteiger partial charge in [-0.1, -0.05) is 42.5 Å². The number of nitrogens with one attached hydrogen (secondary N) is 1. The summed E-state index contributed by atoms with van der Waals surface area (Å²) in [6, 6.07) is 19.6. The lowest BCUT2D eigenvalue weighted by Gasteiger charge is -2.33. The molecule has 0 bridgehead atoms. The van der Waals surface area contributed by atoms with Crippen molar-refractivity contribution in [2.24, 2.45) is 5.92 Å². The maximum atomic E-state index is 12.8. The smallest absolute Gasteiger partial charge is 0.225 e. The number of piperidine rings is 1. The highest BCUT2D eigenvalue weighted by molar-refractivity contribution is 5.79. The van der Waals surface area contributed by atoms with Crippen LogP contribution in [0.1, 0.15) is 18.4 Å². The van der Waals surface area contributed by atoms with Crippen molar-refractivity contribution in [1.29, 1.82) is 0 Å². The van der Waals surface area contributed by atoms with Gasteiger partial charge in [0.25, 0.3) is 0 Å². The number of aromatic nitrogens is 2. The second-order valence-electron chi connectivity index (χ2n) is 7.46. The van der Waals surface area contributed by atoms with Crippen LogP contribution in [0.5, 0.6) is 5.75 Å². The molecule has 1 aromatic heterocycles. The van der Waals surface area contributed by atoms with E-state index >= 15 is 0 Å². The second kappa shape index (κ2) is 9.39. The molecule has 1 saturated heterocycles. The molecule has 4 rings (SSSR count). The van der Waals surface area contributed by atoms with E-state index in [-0.39, 0.29) is 11.8 Å². The van der Waals surface area contributed by atoms with Crippen LogP contribution in [-0.2, 0) is 11.3 Å². The Morgan fingerprint density at radius 1 is 1.13 bits per heavy atom. The second-order valence-corrected chi connectivity index (χ2v) is 7.46. The normalized spacial score (nSPS) is 16.2. The summed E-state index contributed by atoms with van der Waals surface area (Å²) in [5.41, 5.74) is 2.05. The lowest BCUT2D eigenvalue weighted by atomic mass is 9.97. The molecule has 0 unspecified atom stereocenters. The summed E-state index contributed by atoms with van der Waals surface area (Å²) in [5, 5.41) is 3.08. The highest BCUT2D eigenvalue weighted by Gasteiger charge is 2.26. The molecule has 2 aromatic carbocycles. The molecule has 0 saturated carbocycles. The van der Waals surface area contributed by atoms with Crippen molar-refractivity contribution in [1.82, 2.24) is 15.3 Å². The van der Waals surface area contributed by atoms with Crippen molar-refractivity contribution in [2.45, 2.75) is 19.4 Å². The van der Waals surface area contributed by atoms with Gasteiger partial charge in [0.05, 0.1) is 13.0 Å². The predicted molar refractivity (Wildman–Crippen MR) is 117 cm³/mol. The zero-order chi connectivity index (χ0) is 20.8. The van der Waals surface area contributed by atoms with Crippen molar-refractivity contribution in [3.63, 3.8) is 0 Å². The summed E-state index contributed by atoms with van der Waals surface area (Å²) in [5.74, 6) is 2.43. The Hall–Kier alpha value is -3.41. The van der Waals surface area contributed by atoms with E-state index in [1.807, 2.05) is 60.7 Å². The number of carbonyl (C=O) groups excluding carboxylic acids is 1. The first kappa shape index (κ1) is 19.9.